The number of rotatable bonds is 39. The van der Waals surface area contributed by atoms with E-state index in [1.807, 2.05) is 4.90 Å². The van der Waals surface area contributed by atoms with E-state index in [1.54, 1.807) is 0 Å². The zero-order valence-electron chi connectivity index (χ0n) is 39.6. The van der Waals surface area contributed by atoms with Gasteiger partial charge in [-0.2, -0.15) is 0 Å². The molecule has 0 aliphatic heterocycles. The number of nitrogens with zero attached hydrogens (tertiary/aromatic N) is 2. The van der Waals surface area contributed by atoms with Crippen LogP contribution in [0.2, 0.25) is 0 Å². The topological polar surface area (TPSA) is 79.0 Å². The molecule has 4 aliphatic carbocycles. The monoisotopic (exact) mass is 828 g/mol. The first kappa shape index (κ1) is 51.7. The number of ether oxygens (including phenoxy) is 1. The lowest BCUT2D eigenvalue weighted by molar-refractivity contribution is -0.144. The van der Waals surface area contributed by atoms with Gasteiger partial charge in [-0.3, -0.25) is 14.4 Å². The standard InChI is InChI=1S/C52H97N3O4/c1-5-7-9-11-13-15-17-19-21-23-25-29-34-49(56)55(37-32-36-54(3)4)48(51(58)53-52-42-45-39-46(43-52)41-47(40-45)44-52)33-28-27-31-38-59-50(57)35-30-26-24-22-20-18-16-14-12-10-8-6-2/h45-48H,5-44H2,1-4H3,(H,53,58). The molecule has 4 bridgehead atoms. The van der Waals surface area contributed by atoms with Crippen LogP contribution in [0.15, 0.2) is 0 Å². The average molecular weight is 828 g/mol. The first-order chi connectivity index (χ1) is 28.7. The number of amides is 2. The van der Waals surface area contributed by atoms with Crippen LogP contribution >= 0.6 is 0 Å². The summed E-state index contributed by atoms with van der Waals surface area (Å²) >= 11 is 0. The molecule has 0 aromatic rings. The smallest absolute Gasteiger partial charge is 0.305 e. The van der Waals surface area contributed by atoms with E-state index < -0.39 is 6.04 Å². The van der Waals surface area contributed by atoms with Gasteiger partial charge in [-0.25, -0.2) is 0 Å². The lowest BCUT2D eigenvalue weighted by Gasteiger charge is -2.57. The number of hydrogen-bond donors (Lipinski definition) is 1. The van der Waals surface area contributed by atoms with Crippen molar-refractivity contribution in [1.29, 1.82) is 0 Å². The first-order valence-electron chi connectivity index (χ1n) is 26.2. The highest BCUT2D eigenvalue weighted by Gasteiger charge is 2.52. The molecule has 7 nitrogen and oxygen atoms in total. The molecule has 0 heterocycles. The van der Waals surface area contributed by atoms with E-state index in [9.17, 15) is 14.4 Å². The van der Waals surface area contributed by atoms with Crippen molar-refractivity contribution in [3.8, 4) is 0 Å². The van der Waals surface area contributed by atoms with Crippen LogP contribution in [0.5, 0.6) is 0 Å². The molecule has 4 saturated carbocycles. The Morgan fingerprint density at radius 1 is 0.542 bits per heavy atom. The maximum atomic E-state index is 14.5. The van der Waals surface area contributed by atoms with Crippen molar-refractivity contribution >= 4 is 17.8 Å². The fraction of sp³-hybridized carbons (Fsp3) is 0.942. The van der Waals surface area contributed by atoms with Gasteiger partial charge in [0.25, 0.3) is 0 Å². The minimum atomic E-state index is -0.427. The molecule has 0 saturated heterocycles. The van der Waals surface area contributed by atoms with Gasteiger partial charge in [-0.15, -0.1) is 0 Å². The number of esters is 1. The molecule has 2 amide bonds. The molecule has 7 heteroatoms. The highest BCUT2D eigenvalue weighted by Crippen LogP contribution is 2.55. The Morgan fingerprint density at radius 2 is 0.966 bits per heavy atom. The van der Waals surface area contributed by atoms with Gasteiger partial charge < -0.3 is 19.9 Å². The van der Waals surface area contributed by atoms with Crippen molar-refractivity contribution in [2.75, 3.05) is 33.8 Å². The third kappa shape index (κ3) is 22.9. The molecule has 4 rings (SSSR count). The van der Waals surface area contributed by atoms with Gasteiger partial charge in [-0.05, 0) is 115 Å². The number of unbranched alkanes of at least 4 members (excludes halogenated alkanes) is 24. The highest BCUT2D eigenvalue weighted by molar-refractivity contribution is 5.88. The second kappa shape index (κ2) is 32.1. The molecule has 0 aromatic heterocycles. The summed E-state index contributed by atoms with van der Waals surface area (Å²) in [7, 11) is 4.17. The Kier molecular flexibility index (Phi) is 28.1. The van der Waals surface area contributed by atoms with E-state index in [0.29, 0.717) is 32.4 Å². The summed E-state index contributed by atoms with van der Waals surface area (Å²) in [5.41, 5.74) is -0.0697. The fourth-order valence-corrected chi connectivity index (χ4v) is 11.3. The van der Waals surface area contributed by atoms with E-state index in [0.717, 1.165) is 94.9 Å². The van der Waals surface area contributed by atoms with Crippen LogP contribution in [0, 0.1) is 17.8 Å². The number of carbonyl (C=O) groups excluding carboxylic acids is 3. The molecular formula is C52H97N3O4. The molecule has 1 unspecified atom stereocenters. The van der Waals surface area contributed by atoms with Gasteiger partial charge in [-0.1, -0.05) is 162 Å². The lowest BCUT2D eigenvalue weighted by atomic mass is 9.53. The first-order valence-corrected chi connectivity index (χ1v) is 26.2. The minimum Gasteiger partial charge on any atom is -0.466 e. The fourth-order valence-electron chi connectivity index (χ4n) is 11.3. The van der Waals surface area contributed by atoms with Crippen molar-refractivity contribution in [2.45, 2.75) is 263 Å². The molecule has 4 fully saturated rings. The normalized spacial score (nSPS) is 21.3. The average Bonchev–Trinajstić information content (AvgIpc) is 3.19. The van der Waals surface area contributed by atoms with E-state index in [1.165, 1.54) is 148 Å². The summed E-state index contributed by atoms with van der Waals surface area (Å²) in [5, 5.41) is 3.68. The molecule has 4 aliphatic rings. The predicted molar refractivity (Wildman–Crippen MR) is 249 cm³/mol. The molecule has 59 heavy (non-hydrogen) atoms. The van der Waals surface area contributed by atoms with Gasteiger partial charge in [0.05, 0.1) is 6.61 Å². The van der Waals surface area contributed by atoms with Crippen LogP contribution in [0.4, 0.5) is 0 Å². The number of carbonyl (C=O) groups is 3. The van der Waals surface area contributed by atoms with E-state index in [4.69, 9.17) is 4.74 Å². The van der Waals surface area contributed by atoms with Gasteiger partial charge in [0.2, 0.25) is 11.8 Å². The maximum absolute atomic E-state index is 14.5. The van der Waals surface area contributed by atoms with Crippen LogP contribution in [0.3, 0.4) is 0 Å². The van der Waals surface area contributed by atoms with Gasteiger partial charge in [0.1, 0.15) is 6.04 Å². The minimum absolute atomic E-state index is 0.0691. The SMILES string of the molecule is CCCCCCCCCCCCCCC(=O)OCCCCCC(C(=O)NC12CC3CC(CC(C3)C1)C2)N(CCCN(C)C)C(=O)CCCCCCCCCCCCCC. The lowest BCUT2D eigenvalue weighted by Crippen LogP contribution is -2.63. The number of nitrogens with one attached hydrogen (secondary N) is 1. The third-order valence-electron chi connectivity index (χ3n) is 14.3. The molecule has 0 spiro atoms. The summed E-state index contributed by atoms with van der Waals surface area (Å²) in [5.74, 6) is 2.45. The zero-order valence-corrected chi connectivity index (χ0v) is 39.6. The van der Waals surface area contributed by atoms with Crippen LogP contribution in [-0.4, -0.2) is 73.0 Å². The van der Waals surface area contributed by atoms with Gasteiger partial charge >= 0.3 is 5.97 Å². The number of hydrogen-bond acceptors (Lipinski definition) is 5. The molecular weight excluding hydrogens is 731 g/mol. The Balaban J connectivity index is 1.43. The van der Waals surface area contributed by atoms with Crippen molar-refractivity contribution < 1.29 is 19.1 Å². The van der Waals surface area contributed by atoms with Crippen molar-refractivity contribution in [2.24, 2.45) is 17.8 Å². The molecule has 1 N–H and O–H groups in total. The summed E-state index contributed by atoms with van der Waals surface area (Å²) in [6.45, 7) is 6.53. The Bertz CT molecular complexity index is 1060. The van der Waals surface area contributed by atoms with Crippen molar-refractivity contribution in [3.63, 3.8) is 0 Å². The van der Waals surface area contributed by atoms with Crippen molar-refractivity contribution in [3.05, 3.63) is 0 Å². The van der Waals surface area contributed by atoms with Crippen LogP contribution in [-0.2, 0) is 19.1 Å². The van der Waals surface area contributed by atoms with E-state index in [2.05, 4.69) is 38.2 Å². The summed E-state index contributed by atoms with van der Waals surface area (Å²) in [6, 6.07) is -0.427. The largest absolute Gasteiger partial charge is 0.466 e. The van der Waals surface area contributed by atoms with Crippen LogP contribution in [0.1, 0.15) is 251 Å². The van der Waals surface area contributed by atoms with Gasteiger partial charge in [0, 0.05) is 24.9 Å². The molecule has 0 radical (unpaired) electrons. The second-order valence-corrected chi connectivity index (χ2v) is 20.3. The summed E-state index contributed by atoms with van der Waals surface area (Å²) < 4.78 is 5.64. The molecule has 344 valence electrons. The van der Waals surface area contributed by atoms with E-state index >= 15 is 0 Å². The summed E-state index contributed by atoms with van der Waals surface area (Å²) in [4.78, 5) is 45.3. The second-order valence-electron chi connectivity index (χ2n) is 20.3. The van der Waals surface area contributed by atoms with E-state index in [-0.39, 0.29) is 23.3 Å². The summed E-state index contributed by atoms with van der Waals surface area (Å²) in [6.07, 6.45) is 43.3. The quantitative estimate of drug-likeness (QED) is 0.0493. The molecule has 0 aromatic carbocycles. The van der Waals surface area contributed by atoms with Crippen LogP contribution < -0.4 is 5.32 Å². The van der Waals surface area contributed by atoms with Crippen LogP contribution in [0.25, 0.3) is 0 Å². The maximum Gasteiger partial charge on any atom is 0.305 e. The zero-order chi connectivity index (χ0) is 42.4. The Hall–Kier alpha value is -1.63. The Labute approximate surface area is 365 Å². The highest BCUT2D eigenvalue weighted by atomic mass is 16.5. The predicted octanol–water partition coefficient (Wildman–Crippen LogP) is 13.5. The third-order valence-corrected chi connectivity index (χ3v) is 14.3. The van der Waals surface area contributed by atoms with Gasteiger partial charge in [0.15, 0.2) is 0 Å². The van der Waals surface area contributed by atoms with Crippen molar-refractivity contribution in [1.82, 2.24) is 15.1 Å². The Morgan fingerprint density at radius 3 is 1.42 bits per heavy atom. The molecule has 1 atom stereocenters.